The number of furan rings is 1. The van der Waals surface area contributed by atoms with E-state index in [1.54, 1.807) is 6.07 Å². The molecule has 0 aliphatic heterocycles. The van der Waals surface area contributed by atoms with Crippen molar-refractivity contribution >= 4 is 6.08 Å². The van der Waals surface area contributed by atoms with Crippen LogP contribution in [0.3, 0.4) is 0 Å². The Kier molecular flexibility index (Phi) is 2.06. The normalized spacial score (nSPS) is 10.6. The Bertz CT molecular complexity index is 288. The van der Waals surface area contributed by atoms with Gasteiger partial charge in [-0.05, 0) is 18.6 Å². The molecule has 0 radical (unpaired) electrons. The summed E-state index contributed by atoms with van der Waals surface area (Å²) >= 11 is 0. The second kappa shape index (κ2) is 3.01. The van der Waals surface area contributed by atoms with Gasteiger partial charge in [-0.2, -0.15) is 0 Å². The van der Waals surface area contributed by atoms with Gasteiger partial charge in [0.2, 0.25) is 6.20 Å². The van der Waals surface area contributed by atoms with Crippen LogP contribution in [-0.2, 0) is 0 Å². The highest BCUT2D eigenvalue weighted by molar-refractivity contribution is 5.45. The molecule has 0 saturated carbocycles. The molecule has 0 unspecified atom stereocenters. The topological polar surface area (TPSA) is 56.3 Å². The summed E-state index contributed by atoms with van der Waals surface area (Å²) in [5.41, 5.74) is 0.892. The van der Waals surface area contributed by atoms with E-state index in [1.807, 2.05) is 6.92 Å². The molecular weight excluding hydrogens is 146 g/mol. The Morgan fingerprint density at radius 2 is 2.45 bits per heavy atom. The van der Waals surface area contributed by atoms with Crippen LogP contribution in [-0.4, -0.2) is 4.92 Å². The molecule has 0 aliphatic rings. The van der Waals surface area contributed by atoms with Crippen LogP contribution in [0.5, 0.6) is 0 Å². The van der Waals surface area contributed by atoms with Gasteiger partial charge in [-0.3, -0.25) is 10.1 Å². The minimum atomic E-state index is -0.526. The third-order valence-corrected chi connectivity index (χ3v) is 1.25. The van der Waals surface area contributed by atoms with E-state index in [4.69, 9.17) is 4.42 Å². The van der Waals surface area contributed by atoms with E-state index in [0.717, 1.165) is 11.8 Å². The Labute approximate surface area is 63.3 Å². The van der Waals surface area contributed by atoms with Crippen molar-refractivity contribution in [2.24, 2.45) is 0 Å². The molecule has 0 spiro atoms. The van der Waals surface area contributed by atoms with Gasteiger partial charge in [0.1, 0.15) is 5.76 Å². The summed E-state index contributed by atoms with van der Waals surface area (Å²) in [5.74, 6) is 0.529. The fourth-order valence-electron chi connectivity index (χ4n) is 0.684. The molecule has 0 saturated heterocycles. The average molecular weight is 153 g/mol. The van der Waals surface area contributed by atoms with Crippen molar-refractivity contribution in [3.05, 3.63) is 40.0 Å². The lowest BCUT2D eigenvalue weighted by Crippen LogP contribution is -1.81. The first-order valence-corrected chi connectivity index (χ1v) is 3.06. The first-order valence-electron chi connectivity index (χ1n) is 3.06. The Balaban J connectivity index is 2.79. The van der Waals surface area contributed by atoms with E-state index in [1.165, 1.54) is 12.3 Å². The SMILES string of the molecule is Cc1ccoc1C=C[N+](=O)[O-]. The molecule has 11 heavy (non-hydrogen) atoms. The van der Waals surface area contributed by atoms with Gasteiger partial charge >= 0.3 is 0 Å². The maximum Gasteiger partial charge on any atom is 0.238 e. The molecule has 0 amide bonds. The van der Waals surface area contributed by atoms with Gasteiger partial charge < -0.3 is 4.42 Å². The largest absolute Gasteiger partial charge is 0.464 e. The van der Waals surface area contributed by atoms with Gasteiger partial charge in [0.15, 0.2) is 0 Å². The number of nitro groups is 1. The molecule has 0 fully saturated rings. The summed E-state index contributed by atoms with van der Waals surface area (Å²) in [6.07, 6.45) is 3.68. The number of hydrogen-bond acceptors (Lipinski definition) is 3. The molecule has 0 aromatic carbocycles. The monoisotopic (exact) mass is 153 g/mol. The maximum atomic E-state index is 9.88. The molecule has 4 nitrogen and oxygen atoms in total. The van der Waals surface area contributed by atoms with Crippen molar-refractivity contribution in [2.75, 3.05) is 0 Å². The molecule has 1 rings (SSSR count). The summed E-state index contributed by atoms with van der Waals surface area (Å²) in [4.78, 5) is 9.36. The minimum absolute atomic E-state index is 0.526. The van der Waals surface area contributed by atoms with Crippen molar-refractivity contribution in [3.8, 4) is 0 Å². The summed E-state index contributed by atoms with van der Waals surface area (Å²) in [6, 6.07) is 1.75. The van der Waals surface area contributed by atoms with Gasteiger partial charge in [0.05, 0.1) is 17.3 Å². The zero-order valence-electron chi connectivity index (χ0n) is 5.98. The van der Waals surface area contributed by atoms with Crippen LogP contribution in [0.2, 0.25) is 0 Å². The van der Waals surface area contributed by atoms with Gasteiger partial charge in [0.25, 0.3) is 0 Å². The maximum absolute atomic E-state index is 9.88. The molecule has 1 heterocycles. The minimum Gasteiger partial charge on any atom is -0.464 e. The fourth-order valence-corrected chi connectivity index (χ4v) is 0.684. The van der Waals surface area contributed by atoms with Crippen molar-refractivity contribution < 1.29 is 9.34 Å². The van der Waals surface area contributed by atoms with E-state index in [2.05, 4.69) is 0 Å². The quantitative estimate of drug-likeness (QED) is 0.481. The third-order valence-electron chi connectivity index (χ3n) is 1.25. The number of hydrogen-bond donors (Lipinski definition) is 0. The van der Waals surface area contributed by atoms with Crippen LogP contribution in [0.4, 0.5) is 0 Å². The van der Waals surface area contributed by atoms with E-state index in [0.29, 0.717) is 5.76 Å². The molecule has 0 bridgehead atoms. The fraction of sp³-hybridized carbons (Fsp3) is 0.143. The molecular formula is C7H7NO3. The molecule has 58 valence electrons. The van der Waals surface area contributed by atoms with Crippen LogP contribution < -0.4 is 0 Å². The predicted octanol–water partition coefficient (Wildman–Crippen LogP) is 1.84. The second-order valence-electron chi connectivity index (χ2n) is 2.07. The zero-order chi connectivity index (χ0) is 8.27. The molecule has 4 heteroatoms. The van der Waals surface area contributed by atoms with Crippen LogP contribution in [0.1, 0.15) is 11.3 Å². The number of aryl methyl sites for hydroxylation is 1. The lowest BCUT2D eigenvalue weighted by molar-refractivity contribution is -0.401. The highest BCUT2D eigenvalue weighted by Crippen LogP contribution is 2.09. The van der Waals surface area contributed by atoms with E-state index in [9.17, 15) is 10.1 Å². The van der Waals surface area contributed by atoms with Gasteiger partial charge in [-0.15, -0.1) is 0 Å². The number of rotatable bonds is 2. The van der Waals surface area contributed by atoms with E-state index in [-0.39, 0.29) is 0 Å². The molecule has 0 atom stereocenters. The zero-order valence-corrected chi connectivity index (χ0v) is 5.98. The Morgan fingerprint density at radius 1 is 1.73 bits per heavy atom. The average Bonchev–Trinajstić information content (AvgIpc) is 2.31. The third kappa shape index (κ3) is 1.93. The lowest BCUT2D eigenvalue weighted by Gasteiger charge is -1.83. The van der Waals surface area contributed by atoms with Crippen molar-refractivity contribution in [3.63, 3.8) is 0 Å². The number of nitrogens with zero attached hydrogens (tertiary/aromatic N) is 1. The second-order valence-corrected chi connectivity index (χ2v) is 2.07. The predicted molar refractivity (Wildman–Crippen MR) is 39.5 cm³/mol. The Morgan fingerprint density at radius 3 is 2.91 bits per heavy atom. The van der Waals surface area contributed by atoms with Crippen molar-refractivity contribution in [1.29, 1.82) is 0 Å². The summed E-state index contributed by atoms with van der Waals surface area (Å²) in [6.45, 7) is 1.82. The van der Waals surface area contributed by atoms with Crippen LogP contribution >= 0.6 is 0 Å². The molecule has 1 aromatic rings. The standard InChI is InChI=1S/C7H7NO3/c1-6-3-5-11-7(6)2-4-8(9)10/h2-5H,1H3. The van der Waals surface area contributed by atoms with E-state index >= 15 is 0 Å². The van der Waals surface area contributed by atoms with Gasteiger partial charge in [-0.1, -0.05) is 0 Å². The first-order chi connectivity index (χ1) is 5.20. The Hall–Kier alpha value is -1.58. The van der Waals surface area contributed by atoms with Crippen LogP contribution in [0.25, 0.3) is 6.08 Å². The summed E-state index contributed by atoms with van der Waals surface area (Å²) in [7, 11) is 0. The molecule has 1 aromatic heterocycles. The smallest absolute Gasteiger partial charge is 0.238 e. The molecule has 0 N–H and O–H groups in total. The van der Waals surface area contributed by atoms with Gasteiger partial charge in [-0.25, -0.2) is 0 Å². The highest BCUT2D eigenvalue weighted by atomic mass is 16.6. The van der Waals surface area contributed by atoms with Crippen LogP contribution in [0, 0.1) is 17.0 Å². The van der Waals surface area contributed by atoms with Crippen molar-refractivity contribution in [1.82, 2.24) is 0 Å². The highest BCUT2D eigenvalue weighted by Gasteiger charge is 1.97. The van der Waals surface area contributed by atoms with Crippen molar-refractivity contribution in [2.45, 2.75) is 6.92 Å². The molecule has 0 aliphatic carbocycles. The van der Waals surface area contributed by atoms with Gasteiger partial charge in [0, 0.05) is 0 Å². The van der Waals surface area contributed by atoms with Crippen LogP contribution in [0.15, 0.2) is 22.9 Å². The summed E-state index contributed by atoms with van der Waals surface area (Å²) < 4.78 is 4.92. The summed E-state index contributed by atoms with van der Waals surface area (Å²) in [5, 5.41) is 9.88. The van der Waals surface area contributed by atoms with E-state index < -0.39 is 4.92 Å². The lowest BCUT2D eigenvalue weighted by atomic mass is 10.3. The first kappa shape index (κ1) is 7.53.